The fraction of sp³-hybridized carbons (Fsp3) is 0.200. The molecule has 0 radical (unpaired) electrons. The zero-order chi connectivity index (χ0) is 13.3. The molecule has 0 aromatic heterocycles. The van der Waals surface area contributed by atoms with Gasteiger partial charge >= 0.3 is 0 Å². The normalized spacial score (nSPS) is 12.5. The zero-order valence-electron chi connectivity index (χ0n) is 10.2. The molecule has 94 valence electrons. The van der Waals surface area contributed by atoms with Crippen LogP contribution < -0.4 is 0 Å². The highest BCUT2D eigenvalue weighted by molar-refractivity contribution is 9.10. The molecule has 3 heteroatoms. The van der Waals surface area contributed by atoms with Crippen molar-refractivity contribution in [1.82, 2.24) is 0 Å². The molecule has 0 saturated heterocycles. The van der Waals surface area contributed by atoms with E-state index in [0.717, 1.165) is 16.7 Å². The van der Waals surface area contributed by atoms with Crippen molar-refractivity contribution in [3.05, 3.63) is 68.9 Å². The fourth-order valence-corrected chi connectivity index (χ4v) is 2.53. The van der Waals surface area contributed by atoms with Gasteiger partial charge in [-0.1, -0.05) is 39.7 Å². The fourth-order valence-electron chi connectivity index (χ4n) is 2.05. The Labute approximate surface area is 114 Å². The van der Waals surface area contributed by atoms with E-state index in [1.807, 2.05) is 32.0 Å². The molecule has 2 aromatic rings. The highest BCUT2D eigenvalue weighted by Gasteiger charge is 2.14. The SMILES string of the molecule is Cc1ccc(C(O)c2cc(F)cc(Br)c2)c(C)c1. The molecule has 1 atom stereocenters. The Kier molecular flexibility index (Phi) is 3.83. The van der Waals surface area contributed by atoms with E-state index >= 15 is 0 Å². The van der Waals surface area contributed by atoms with E-state index < -0.39 is 6.10 Å². The summed E-state index contributed by atoms with van der Waals surface area (Å²) < 4.78 is 14.0. The Balaban J connectivity index is 2.44. The number of halogens is 2. The molecule has 0 amide bonds. The molecule has 0 spiro atoms. The lowest BCUT2D eigenvalue weighted by molar-refractivity contribution is 0.219. The van der Waals surface area contributed by atoms with Gasteiger partial charge in [0.05, 0.1) is 0 Å². The van der Waals surface area contributed by atoms with Crippen LogP contribution in [0.3, 0.4) is 0 Å². The zero-order valence-corrected chi connectivity index (χ0v) is 11.8. The number of aliphatic hydroxyl groups is 1. The van der Waals surface area contributed by atoms with Gasteiger partial charge in [-0.25, -0.2) is 4.39 Å². The molecule has 0 saturated carbocycles. The van der Waals surface area contributed by atoms with Crippen LogP contribution in [0.15, 0.2) is 40.9 Å². The smallest absolute Gasteiger partial charge is 0.124 e. The first-order valence-corrected chi connectivity index (χ1v) is 6.48. The summed E-state index contributed by atoms with van der Waals surface area (Å²) in [6.07, 6.45) is -0.808. The van der Waals surface area contributed by atoms with Crippen LogP contribution >= 0.6 is 15.9 Å². The Morgan fingerprint density at radius 1 is 1.11 bits per heavy atom. The third-order valence-electron chi connectivity index (χ3n) is 2.92. The monoisotopic (exact) mass is 308 g/mol. The van der Waals surface area contributed by atoms with Crippen molar-refractivity contribution in [2.75, 3.05) is 0 Å². The molecule has 1 N–H and O–H groups in total. The minimum absolute atomic E-state index is 0.358. The molecule has 0 heterocycles. The standard InChI is InChI=1S/C15H14BrFO/c1-9-3-4-14(10(2)5-9)15(18)11-6-12(16)8-13(17)7-11/h3-8,15,18H,1-2H3. The van der Waals surface area contributed by atoms with Gasteiger partial charge in [0, 0.05) is 4.47 Å². The molecule has 2 rings (SSSR count). The molecule has 0 aliphatic carbocycles. The van der Waals surface area contributed by atoms with Crippen molar-refractivity contribution >= 4 is 15.9 Å². The average molecular weight is 309 g/mol. The quantitative estimate of drug-likeness (QED) is 0.877. The number of benzene rings is 2. The van der Waals surface area contributed by atoms with E-state index in [1.165, 1.54) is 12.1 Å². The van der Waals surface area contributed by atoms with Gasteiger partial charge in [0.2, 0.25) is 0 Å². The first-order valence-electron chi connectivity index (χ1n) is 5.68. The number of hydrogen-bond donors (Lipinski definition) is 1. The predicted molar refractivity (Wildman–Crippen MR) is 74.1 cm³/mol. The summed E-state index contributed by atoms with van der Waals surface area (Å²) in [5, 5.41) is 10.3. The molecule has 2 aromatic carbocycles. The van der Waals surface area contributed by atoms with Crippen molar-refractivity contribution in [3.63, 3.8) is 0 Å². The van der Waals surface area contributed by atoms with Crippen LogP contribution in [0.4, 0.5) is 4.39 Å². The van der Waals surface area contributed by atoms with E-state index in [4.69, 9.17) is 0 Å². The number of aryl methyl sites for hydroxylation is 2. The first kappa shape index (κ1) is 13.2. The molecule has 1 unspecified atom stereocenters. The van der Waals surface area contributed by atoms with Crippen molar-refractivity contribution in [1.29, 1.82) is 0 Å². The number of aliphatic hydroxyl groups excluding tert-OH is 1. The van der Waals surface area contributed by atoms with Gasteiger partial charge in [0.1, 0.15) is 11.9 Å². The molecular formula is C15H14BrFO. The first-order chi connectivity index (χ1) is 8.47. The van der Waals surface area contributed by atoms with Crippen LogP contribution in [0, 0.1) is 19.7 Å². The van der Waals surface area contributed by atoms with Crippen molar-refractivity contribution in [3.8, 4) is 0 Å². The maximum atomic E-state index is 13.3. The van der Waals surface area contributed by atoms with Crippen molar-refractivity contribution < 1.29 is 9.50 Å². The maximum absolute atomic E-state index is 13.3. The summed E-state index contributed by atoms with van der Waals surface area (Å²) in [5.41, 5.74) is 3.50. The topological polar surface area (TPSA) is 20.2 Å². The number of rotatable bonds is 2. The molecule has 0 aliphatic heterocycles. The van der Waals surface area contributed by atoms with Crippen LogP contribution in [0.1, 0.15) is 28.4 Å². The highest BCUT2D eigenvalue weighted by atomic mass is 79.9. The average Bonchev–Trinajstić information content (AvgIpc) is 2.26. The second-order valence-corrected chi connectivity index (χ2v) is 5.38. The summed E-state index contributed by atoms with van der Waals surface area (Å²) in [6.45, 7) is 3.95. The summed E-state index contributed by atoms with van der Waals surface area (Å²) in [7, 11) is 0. The molecule has 1 nitrogen and oxygen atoms in total. The largest absolute Gasteiger partial charge is 0.384 e. The third kappa shape index (κ3) is 2.79. The molecule has 0 aliphatic rings. The van der Waals surface area contributed by atoms with E-state index in [1.54, 1.807) is 6.07 Å². The Morgan fingerprint density at radius 3 is 2.44 bits per heavy atom. The highest BCUT2D eigenvalue weighted by Crippen LogP contribution is 2.28. The van der Waals surface area contributed by atoms with Gasteiger partial charge in [-0.15, -0.1) is 0 Å². The number of hydrogen-bond acceptors (Lipinski definition) is 1. The molecular weight excluding hydrogens is 295 g/mol. The van der Waals surface area contributed by atoms with E-state index in [-0.39, 0.29) is 5.82 Å². The van der Waals surface area contributed by atoms with Gasteiger partial charge in [0.15, 0.2) is 0 Å². The van der Waals surface area contributed by atoms with Gasteiger partial charge in [-0.3, -0.25) is 0 Å². The maximum Gasteiger partial charge on any atom is 0.124 e. The Morgan fingerprint density at radius 2 is 1.83 bits per heavy atom. The van der Waals surface area contributed by atoms with Crippen LogP contribution in [0.5, 0.6) is 0 Å². The summed E-state index contributed by atoms with van der Waals surface area (Å²) in [6, 6.07) is 10.3. The van der Waals surface area contributed by atoms with Gasteiger partial charge in [-0.2, -0.15) is 0 Å². The Hall–Kier alpha value is -1.19. The van der Waals surface area contributed by atoms with Gasteiger partial charge < -0.3 is 5.11 Å². The van der Waals surface area contributed by atoms with E-state index in [2.05, 4.69) is 15.9 Å². The second kappa shape index (κ2) is 5.21. The lowest BCUT2D eigenvalue weighted by Crippen LogP contribution is -2.03. The van der Waals surface area contributed by atoms with E-state index in [0.29, 0.717) is 10.0 Å². The van der Waals surface area contributed by atoms with Gasteiger partial charge in [0.25, 0.3) is 0 Å². The Bertz CT molecular complexity index is 560. The molecule has 0 fully saturated rings. The predicted octanol–water partition coefficient (Wildman–Crippen LogP) is 4.29. The summed E-state index contributed by atoms with van der Waals surface area (Å²) in [4.78, 5) is 0. The van der Waals surface area contributed by atoms with Crippen LogP contribution in [0.2, 0.25) is 0 Å². The van der Waals surface area contributed by atoms with Crippen molar-refractivity contribution in [2.45, 2.75) is 20.0 Å². The minimum Gasteiger partial charge on any atom is -0.384 e. The van der Waals surface area contributed by atoms with Gasteiger partial charge in [-0.05, 0) is 48.7 Å². The molecule has 18 heavy (non-hydrogen) atoms. The lowest BCUT2D eigenvalue weighted by Gasteiger charge is -2.15. The van der Waals surface area contributed by atoms with Crippen LogP contribution in [-0.2, 0) is 0 Å². The summed E-state index contributed by atoms with van der Waals surface area (Å²) >= 11 is 3.23. The van der Waals surface area contributed by atoms with Crippen LogP contribution in [0.25, 0.3) is 0 Å². The molecule has 0 bridgehead atoms. The second-order valence-electron chi connectivity index (χ2n) is 4.47. The minimum atomic E-state index is -0.808. The van der Waals surface area contributed by atoms with Crippen molar-refractivity contribution in [2.24, 2.45) is 0 Å². The lowest BCUT2D eigenvalue weighted by atomic mass is 9.96. The van der Waals surface area contributed by atoms with E-state index in [9.17, 15) is 9.50 Å². The third-order valence-corrected chi connectivity index (χ3v) is 3.38. The van der Waals surface area contributed by atoms with Crippen LogP contribution in [-0.4, -0.2) is 5.11 Å². The summed E-state index contributed by atoms with van der Waals surface area (Å²) in [5.74, 6) is -0.358.